The van der Waals surface area contributed by atoms with Crippen molar-refractivity contribution in [1.29, 1.82) is 0 Å². The lowest BCUT2D eigenvalue weighted by Gasteiger charge is -2.39. The van der Waals surface area contributed by atoms with Crippen molar-refractivity contribution in [2.75, 3.05) is 26.2 Å². The molecular formula is C17H24N2O3. The minimum Gasteiger partial charge on any atom is -0.467 e. The predicted molar refractivity (Wildman–Crippen MR) is 81.1 cm³/mol. The van der Waals surface area contributed by atoms with Crippen LogP contribution in [0.4, 0.5) is 0 Å². The van der Waals surface area contributed by atoms with Crippen LogP contribution < -0.4 is 5.32 Å². The van der Waals surface area contributed by atoms with E-state index in [2.05, 4.69) is 10.2 Å². The second-order valence-electron chi connectivity index (χ2n) is 6.93. The molecule has 0 aromatic carbocycles. The Balaban J connectivity index is 1.39. The fourth-order valence-corrected chi connectivity index (χ4v) is 3.87. The maximum atomic E-state index is 12.6. The van der Waals surface area contributed by atoms with Crippen molar-refractivity contribution in [3.63, 3.8) is 0 Å². The van der Waals surface area contributed by atoms with Crippen LogP contribution in [0.3, 0.4) is 0 Å². The topological polar surface area (TPSA) is 54.7 Å². The Morgan fingerprint density at radius 1 is 1.32 bits per heavy atom. The fraction of sp³-hybridized carbons (Fsp3) is 0.706. The van der Waals surface area contributed by atoms with Gasteiger partial charge >= 0.3 is 0 Å². The van der Waals surface area contributed by atoms with Crippen molar-refractivity contribution < 1.29 is 13.9 Å². The molecule has 3 fully saturated rings. The number of furan rings is 1. The summed E-state index contributed by atoms with van der Waals surface area (Å²) in [5.41, 5.74) is 0. The van der Waals surface area contributed by atoms with Crippen LogP contribution in [0.2, 0.25) is 0 Å². The molecule has 3 heterocycles. The first kappa shape index (κ1) is 14.3. The molecular weight excluding hydrogens is 280 g/mol. The Morgan fingerprint density at radius 2 is 2.23 bits per heavy atom. The SMILES string of the molecule is O=C(NCc1ccco1)[C@@H]1CN(CC2CC2)C[C@@H]2OCC[C@@H]21. The minimum atomic E-state index is 0.0509. The molecule has 0 spiro atoms. The molecule has 1 aromatic heterocycles. The first-order valence-electron chi connectivity index (χ1n) is 8.43. The maximum Gasteiger partial charge on any atom is 0.225 e. The normalized spacial score (nSPS) is 31.9. The van der Waals surface area contributed by atoms with Gasteiger partial charge in [0, 0.05) is 32.2 Å². The molecule has 2 saturated heterocycles. The molecule has 1 aromatic rings. The number of hydrogen-bond acceptors (Lipinski definition) is 4. The summed E-state index contributed by atoms with van der Waals surface area (Å²) < 4.78 is 11.2. The summed E-state index contributed by atoms with van der Waals surface area (Å²) >= 11 is 0. The maximum absolute atomic E-state index is 12.6. The third-order valence-electron chi connectivity index (χ3n) is 5.24. The molecule has 1 amide bonds. The first-order valence-corrected chi connectivity index (χ1v) is 8.43. The first-order chi connectivity index (χ1) is 10.8. The molecule has 3 aliphatic rings. The highest BCUT2D eigenvalue weighted by atomic mass is 16.5. The van der Waals surface area contributed by atoms with Gasteiger partial charge in [-0.05, 0) is 37.3 Å². The molecule has 5 nitrogen and oxygen atoms in total. The van der Waals surface area contributed by atoms with E-state index in [0.29, 0.717) is 12.5 Å². The van der Waals surface area contributed by atoms with Crippen molar-refractivity contribution in [2.24, 2.45) is 17.8 Å². The molecule has 2 aliphatic heterocycles. The number of likely N-dealkylation sites (tertiary alicyclic amines) is 1. The zero-order valence-electron chi connectivity index (χ0n) is 12.9. The molecule has 1 N–H and O–H groups in total. The number of rotatable bonds is 5. The highest BCUT2D eigenvalue weighted by Gasteiger charge is 2.44. The smallest absolute Gasteiger partial charge is 0.225 e. The van der Waals surface area contributed by atoms with Gasteiger partial charge in [0.05, 0.1) is 24.8 Å². The largest absolute Gasteiger partial charge is 0.467 e. The van der Waals surface area contributed by atoms with E-state index in [1.165, 1.54) is 12.8 Å². The average Bonchev–Trinajstić information content (AvgIpc) is 3.02. The number of ether oxygens (including phenoxy) is 1. The van der Waals surface area contributed by atoms with E-state index >= 15 is 0 Å². The van der Waals surface area contributed by atoms with Crippen LogP contribution in [0, 0.1) is 17.8 Å². The lowest BCUT2D eigenvalue weighted by Crippen LogP contribution is -2.53. The monoisotopic (exact) mass is 304 g/mol. The zero-order valence-corrected chi connectivity index (χ0v) is 12.9. The van der Waals surface area contributed by atoms with Gasteiger partial charge in [0.25, 0.3) is 0 Å². The minimum absolute atomic E-state index is 0.0509. The van der Waals surface area contributed by atoms with Gasteiger partial charge < -0.3 is 14.5 Å². The van der Waals surface area contributed by atoms with E-state index < -0.39 is 0 Å². The molecule has 4 rings (SSSR count). The standard InChI is InChI=1S/C17H24N2O3/c20-17(18-8-13-2-1-6-21-13)15-10-19(9-12-3-4-12)11-16-14(15)5-7-22-16/h1-2,6,12,14-16H,3-5,7-11H2,(H,18,20)/t14-,15-,16+/m1/s1. The molecule has 0 bridgehead atoms. The molecule has 22 heavy (non-hydrogen) atoms. The number of piperidine rings is 1. The van der Waals surface area contributed by atoms with E-state index in [0.717, 1.165) is 44.3 Å². The van der Waals surface area contributed by atoms with Crippen LogP contribution >= 0.6 is 0 Å². The number of nitrogens with one attached hydrogen (secondary N) is 1. The number of amides is 1. The van der Waals surface area contributed by atoms with E-state index in [4.69, 9.17) is 9.15 Å². The van der Waals surface area contributed by atoms with Gasteiger partial charge in [0.2, 0.25) is 5.91 Å². The van der Waals surface area contributed by atoms with Gasteiger partial charge in [-0.25, -0.2) is 0 Å². The van der Waals surface area contributed by atoms with Crippen molar-refractivity contribution in [3.05, 3.63) is 24.2 Å². The average molecular weight is 304 g/mol. The Labute approximate surface area is 131 Å². The highest BCUT2D eigenvalue weighted by Crippen LogP contribution is 2.36. The molecule has 1 saturated carbocycles. The third-order valence-corrected chi connectivity index (χ3v) is 5.24. The van der Waals surface area contributed by atoms with Crippen LogP contribution in [-0.4, -0.2) is 43.2 Å². The Kier molecular flexibility index (Phi) is 3.92. The van der Waals surface area contributed by atoms with Gasteiger partial charge in [0.15, 0.2) is 0 Å². The predicted octanol–water partition coefficient (Wildman–Crippen LogP) is 1.64. The lowest BCUT2D eigenvalue weighted by molar-refractivity contribution is -0.131. The molecule has 3 atom stereocenters. The van der Waals surface area contributed by atoms with E-state index in [1.54, 1.807) is 6.26 Å². The molecule has 120 valence electrons. The van der Waals surface area contributed by atoms with Crippen LogP contribution in [0.1, 0.15) is 25.0 Å². The van der Waals surface area contributed by atoms with E-state index in [9.17, 15) is 4.79 Å². The van der Waals surface area contributed by atoms with E-state index in [-0.39, 0.29) is 17.9 Å². The number of hydrogen-bond donors (Lipinski definition) is 1. The summed E-state index contributed by atoms with van der Waals surface area (Å²) in [4.78, 5) is 15.1. The molecule has 0 radical (unpaired) electrons. The number of nitrogens with zero attached hydrogens (tertiary/aromatic N) is 1. The lowest BCUT2D eigenvalue weighted by atomic mass is 9.82. The summed E-state index contributed by atoms with van der Waals surface area (Å²) in [5, 5.41) is 3.04. The van der Waals surface area contributed by atoms with Crippen LogP contribution in [-0.2, 0) is 16.1 Å². The summed E-state index contributed by atoms with van der Waals surface area (Å²) in [5.74, 6) is 2.24. The summed E-state index contributed by atoms with van der Waals surface area (Å²) in [6, 6.07) is 3.74. The van der Waals surface area contributed by atoms with Crippen LogP contribution in [0.5, 0.6) is 0 Å². The Bertz CT molecular complexity index is 512. The highest BCUT2D eigenvalue weighted by molar-refractivity contribution is 5.79. The third kappa shape index (κ3) is 3.06. The summed E-state index contributed by atoms with van der Waals surface area (Å²) in [6.45, 7) is 4.29. The summed E-state index contributed by atoms with van der Waals surface area (Å²) in [6.07, 6.45) is 5.59. The summed E-state index contributed by atoms with van der Waals surface area (Å²) in [7, 11) is 0. The van der Waals surface area contributed by atoms with E-state index in [1.807, 2.05) is 12.1 Å². The molecule has 1 aliphatic carbocycles. The quantitative estimate of drug-likeness (QED) is 0.898. The van der Waals surface area contributed by atoms with Gasteiger partial charge in [-0.15, -0.1) is 0 Å². The second kappa shape index (κ2) is 6.05. The van der Waals surface area contributed by atoms with Crippen molar-refractivity contribution in [2.45, 2.75) is 31.9 Å². The second-order valence-corrected chi connectivity index (χ2v) is 6.93. The zero-order chi connectivity index (χ0) is 14.9. The van der Waals surface area contributed by atoms with Gasteiger partial charge in [-0.1, -0.05) is 0 Å². The van der Waals surface area contributed by atoms with Crippen molar-refractivity contribution in [1.82, 2.24) is 10.2 Å². The molecule has 5 heteroatoms. The Morgan fingerprint density at radius 3 is 3.00 bits per heavy atom. The number of carbonyl (C=O) groups is 1. The van der Waals surface area contributed by atoms with Crippen molar-refractivity contribution in [3.8, 4) is 0 Å². The van der Waals surface area contributed by atoms with Crippen molar-refractivity contribution >= 4 is 5.91 Å². The van der Waals surface area contributed by atoms with Gasteiger partial charge in [0.1, 0.15) is 5.76 Å². The molecule has 0 unspecified atom stereocenters. The van der Waals surface area contributed by atoms with Gasteiger partial charge in [-0.3, -0.25) is 9.69 Å². The Hall–Kier alpha value is -1.33. The van der Waals surface area contributed by atoms with Gasteiger partial charge in [-0.2, -0.15) is 0 Å². The van der Waals surface area contributed by atoms with Crippen LogP contribution in [0.25, 0.3) is 0 Å². The fourth-order valence-electron chi connectivity index (χ4n) is 3.87. The number of carbonyl (C=O) groups excluding carboxylic acids is 1. The number of fused-ring (bicyclic) bond motifs is 1. The van der Waals surface area contributed by atoms with Crippen LogP contribution in [0.15, 0.2) is 22.8 Å².